The second-order valence-electron chi connectivity index (χ2n) is 17.1. The van der Waals surface area contributed by atoms with Crippen LogP contribution in [-0.2, 0) is 17.4 Å². The Kier molecular flexibility index (Phi) is 12.5. The topological polar surface area (TPSA) is 112 Å². The molecule has 1 aromatic heterocycles. The van der Waals surface area contributed by atoms with Gasteiger partial charge in [0.25, 0.3) is 0 Å². The van der Waals surface area contributed by atoms with Crippen LogP contribution in [0.25, 0.3) is 17.0 Å². The number of hydrogen-bond donors (Lipinski definition) is 3. The van der Waals surface area contributed by atoms with E-state index < -0.39 is 66.1 Å². The van der Waals surface area contributed by atoms with E-state index in [-0.39, 0.29) is 53.0 Å². The van der Waals surface area contributed by atoms with Crippen molar-refractivity contribution in [1.29, 1.82) is 0 Å². The third-order valence-corrected chi connectivity index (χ3v) is 11.8. The standard InChI is InChI=1S/C24H26F3NO3.C23H21F4NO3/c1-16(29)18-10-11-21(30)19(13-18)22(2,3)14-23(31,24(25,26)27)15-28-12-6-8-17-7-4-5-9-20(17)28;1-21(9-11-31-20-7-6-15(24)12-17(20)21)13-22(30,23(25,26)27)14-28-10-8-19(29)16-4-2-3-5-18(16)28/h4-11,13,30-31H,12,14-15H2,1-3H3;2-8,10,12,30H,9,11,13-14H2,1H3. The third kappa shape index (κ3) is 9.38. The molecule has 0 radical (unpaired) electrons. The van der Waals surface area contributed by atoms with Gasteiger partial charge in [-0.3, -0.25) is 9.59 Å². The summed E-state index contributed by atoms with van der Waals surface area (Å²) in [6, 6.07) is 22.4. The number of fused-ring (bicyclic) bond motifs is 3. The molecule has 0 spiro atoms. The van der Waals surface area contributed by atoms with Gasteiger partial charge in [0.2, 0.25) is 0 Å². The third-order valence-electron chi connectivity index (χ3n) is 11.8. The van der Waals surface area contributed by atoms with Crippen LogP contribution in [0.4, 0.5) is 36.4 Å². The van der Waals surface area contributed by atoms with Gasteiger partial charge in [-0.15, -0.1) is 0 Å². The Morgan fingerprint density at radius 3 is 2.23 bits per heavy atom. The number of phenolic OH excluding ortho intramolecular Hbond substituents is 1. The zero-order chi connectivity index (χ0) is 45.5. The smallest absolute Gasteiger partial charge is 0.418 e. The maximum atomic E-state index is 14.2. The van der Waals surface area contributed by atoms with Crippen LogP contribution in [0.5, 0.6) is 11.5 Å². The first-order valence-corrected chi connectivity index (χ1v) is 19.8. The van der Waals surface area contributed by atoms with Crippen molar-refractivity contribution in [3.63, 3.8) is 0 Å². The summed E-state index contributed by atoms with van der Waals surface area (Å²) < 4.78 is 106. The highest BCUT2D eigenvalue weighted by molar-refractivity contribution is 5.94. The molecule has 5 aromatic rings. The second-order valence-corrected chi connectivity index (χ2v) is 17.1. The quantitative estimate of drug-likeness (QED) is 0.0947. The number of carbonyl (C=O) groups is 1. The summed E-state index contributed by atoms with van der Waals surface area (Å²) in [5, 5.41) is 32.5. The fourth-order valence-corrected chi connectivity index (χ4v) is 8.53. The minimum Gasteiger partial charge on any atom is -0.508 e. The molecule has 0 bridgehead atoms. The first-order chi connectivity index (χ1) is 28.9. The molecule has 3 N–H and O–H groups in total. The maximum Gasteiger partial charge on any atom is 0.418 e. The highest BCUT2D eigenvalue weighted by Crippen LogP contribution is 2.49. The number of ether oxygens (including phenoxy) is 1. The minimum absolute atomic E-state index is 0.157. The predicted molar refractivity (Wildman–Crippen MR) is 222 cm³/mol. The van der Waals surface area contributed by atoms with Gasteiger partial charge in [0.1, 0.15) is 17.3 Å². The molecular weight excluding hydrogens is 822 g/mol. The number of halogens is 7. The molecule has 4 aromatic carbocycles. The molecule has 0 aliphatic carbocycles. The van der Waals surface area contributed by atoms with Gasteiger partial charge in [-0.2, -0.15) is 26.3 Å². The molecule has 0 saturated carbocycles. The van der Waals surface area contributed by atoms with E-state index in [9.17, 15) is 55.6 Å². The number of Topliss-reactive ketones (excluding diaryl/α,β-unsaturated/α-hetero) is 1. The van der Waals surface area contributed by atoms with Crippen LogP contribution >= 0.6 is 0 Å². The van der Waals surface area contributed by atoms with Crippen molar-refractivity contribution in [2.45, 2.75) is 87.9 Å². The highest BCUT2D eigenvalue weighted by atomic mass is 19.4. The summed E-state index contributed by atoms with van der Waals surface area (Å²) in [6.45, 7) is 4.89. The lowest BCUT2D eigenvalue weighted by atomic mass is 9.70. The van der Waals surface area contributed by atoms with E-state index in [1.165, 1.54) is 91.0 Å². The van der Waals surface area contributed by atoms with Crippen LogP contribution in [0.3, 0.4) is 0 Å². The van der Waals surface area contributed by atoms with Crippen LogP contribution in [0.2, 0.25) is 0 Å². The van der Waals surface area contributed by atoms with Crippen molar-refractivity contribution < 1.29 is 55.6 Å². The molecular formula is C47H47F7N2O6. The minimum atomic E-state index is -4.97. The fourth-order valence-electron chi connectivity index (χ4n) is 8.53. The van der Waals surface area contributed by atoms with Crippen molar-refractivity contribution in [2.24, 2.45) is 0 Å². The monoisotopic (exact) mass is 868 g/mol. The maximum absolute atomic E-state index is 14.2. The van der Waals surface area contributed by atoms with Gasteiger partial charge in [0, 0.05) is 52.0 Å². The van der Waals surface area contributed by atoms with E-state index in [4.69, 9.17) is 4.74 Å². The zero-order valence-corrected chi connectivity index (χ0v) is 34.4. The Labute approximate surface area is 353 Å². The lowest BCUT2D eigenvalue weighted by Gasteiger charge is -2.42. The first-order valence-electron chi connectivity index (χ1n) is 19.8. The number of aromatic nitrogens is 1. The number of aliphatic hydroxyl groups is 2. The number of β-amino-alcohol motifs (C(OH)–C–C–N with tert-alkyl or cyclic N) is 1. The second kappa shape index (κ2) is 16.9. The van der Waals surface area contributed by atoms with Gasteiger partial charge >= 0.3 is 12.4 Å². The molecule has 330 valence electrons. The number of rotatable bonds is 10. The van der Waals surface area contributed by atoms with Gasteiger partial charge in [-0.05, 0) is 91.8 Å². The number of benzene rings is 4. The van der Waals surface area contributed by atoms with E-state index >= 15 is 0 Å². The molecule has 7 rings (SSSR count). The number of pyridine rings is 1. The summed E-state index contributed by atoms with van der Waals surface area (Å²) >= 11 is 0. The molecule has 62 heavy (non-hydrogen) atoms. The summed E-state index contributed by atoms with van der Waals surface area (Å²) in [7, 11) is 0. The number of alkyl halides is 6. The van der Waals surface area contributed by atoms with Gasteiger partial charge in [0.15, 0.2) is 22.4 Å². The van der Waals surface area contributed by atoms with Crippen molar-refractivity contribution in [3.05, 3.63) is 142 Å². The summed E-state index contributed by atoms with van der Waals surface area (Å²) in [5.41, 5.74) is -6.48. The number of aromatic hydroxyl groups is 1. The summed E-state index contributed by atoms with van der Waals surface area (Å²) in [6.07, 6.45) is -6.22. The van der Waals surface area contributed by atoms with Gasteiger partial charge in [0.05, 0.1) is 25.2 Å². The van der Waals surface area contributed by atoms with E-state index in [0.29, 0.717) is 22.5 Å². The number of phenols is 1. The zero-order valence-electron chi connectivity index (χ0n) is 34.4. The largest absolute Gasteiger partial charge is 0.508 e. The van der Waals surface area contributed by atoms with E-state index in [1.54, 1.807) is 49.4 Å². The average Bonchev–Trinajstić information content (AvgIpc) is 3.19. The van der Waals surface area contributed by atoms with Crippen molar-refractivity contribution >= 4 is 28.4 Å². The molecule has 3 unspecified atom stereocenters. The molecule has 15 heteroatoms. The Morgan fingerprint density at radius 1 is 0.855 bits per heavy atom. The van der Waals surface area contributed by atoms with Crippen LogP contribution < -0.4 is 15.1 Å². The molecule has 2 aliphatic heterocycles. The molecule has 3 heterocycles. The number of anilines is 1. The Hall–Kier alpha value is -5.67. The molecule has 3 atom stereocenters. The Morgan fingerprint density at radius 2 is 1.53 bits per heavy atom. The Balaban J connectivity index is 0.000000207. The first kappa shape index (κ1) is 45.8. The van der Waals surface area contributed by atoms with Crippen LogP contribution in [0, 0.1) is 5.82 Å². The Bertz CT molecular complexity index is 2550. The van der Waals surface area contributed by atoms with Crippen molar-refractivity contribution in [1.82, 2.24) is 4.57 Å². The molecule has 2 aliphatic rings. The average molecular weight is 869 g/mol. The molecule has 0 fully saturated rings. The van der Waals surface area contributed by atoms with Crippen LogP contribution in [-0.4, -0.2) is 68.9 Å². The van der Waals surface area contributed by atoms with Crippen molar-refractivity contribution in [3.8, 4) is 11.5 Å². The van der Waals surface area contributed by atoms with Gasteiger partial charge < -0.3 is 29.5 Å². The van der Waals surface area contributed by atoms with E-state index in [1.807, 2.05) is 6.08 Å². The lowest BCUT2D eigenvalue weighted by Crippen LogP contribution is -2.56. The van der Waals surface area contributed by atoms with Crippen LogP contribution in [0.1, 0.15) is 74.0 Å². The molecule has 0 saturated heterocycles. The predicted octanol–water partition coefficient (Wildman–Crippen LogP) is 9.65. The normalized spacial score (nSPS) is 18.4. The van der Waals surface area contributed by atoms with Gasteiger partial charge in [-0.1, -0.05) is 63.3 Å². The molecule has 8 nitrogen and oxygen atoms in total. The van der Waals surface area contributed by atoms with Crippen molar-refractivity contribution in [2.75, 3.05) is 24.6 Å². The number of para-hydroxylation sites is 2. The number of hydrogen-bond acceptors (Lipinski definition) is 7. The summed E-state index contributed by atoms with van der Waals surface area (Å²) in [4.78, 5) is 25.3. The lowest BCUT2D eigenvalue weighted by molar-refractivity contribution is -0.272. The molecule has 0 amide bonds. The van der Waals surface area contributed by atoms with E-state index in [2.05, 4.69) is 0 Å². The van der Waals surface area contributed by atoms with Crippen LogP contribution in [0.15, 0.2) is 108 Å². The fraction of sp³-hybridized carbons (Fsp3) is 0.362. The highest BCUT2D eigenvalue weighted by Gasteiger charge is 2.58. The number of ketones is 1. The van der Waals surface area contributed by atoms with Gasteiger partial charge in [-0.25, -0.2) is 4.39 Å². The summed E-state index contributed by atoms with van der Waals surface area (Å²) in [5.74, 6) is -0.753. The van der Waals surface area contributed by atoms with E-state index in [0.717, 1.165) is 5.56 Å². The number of nitrogens with zero attached hydrogens (tertiary/aromatic N) is 2. The number of carbonyl (C=O) groups excluding carboxylic acids is 1. The SMILES string of the molecule is CC(=O)c1ccc(O)c(C(C)(C)CC(O)(CN2CC=Cc3ccccc32)C(F)(F)F)c1.CC1(CC(O)(Cn2ccc(=O)c3ccccc32)C(F)(F)F)CCOc2ccc(F)cc21.